The Balaban J connectivity index is 0.000000360. The average molecular weight is 122 g/mol. The highest BCUT2D eigenvalue weighted by atomic mass is 35.5. The fraction of sp³-hybridized carbons (Fsp3) is 1.00. The number of hydrogen-bond acceptors (Lipinski definition) is 1. The first-order chi connectivity index (χ1) is 2.93. The standard InChI is InChI=1S/C5H11N.ClH/c1-2-5-3-6-4-5;/h5-6H,2-4H2,1H3;1H. The Morgan fingerprint density at radius 1 is 1.57 bits per heavy atom. The maximum Gasteiger partial charge on any atom is -0.000836 e. The van der Waals surface area contributed by atoms with Crippen molar-refractivity contribution in [1.29, 1.82) is 0 Å². The third-order valence-corrected chi connectivity index (χ3v) is 1.44. The van der Waals surface area contributed by atoms with E-state index in [4.69, 9.17) is 0 Å². The largest absolute Gasteiger partial charge is 0.316 e. The van der Waals surface area contributed by atoms with Crippen LogP contribution in [0.5, 0.6) is 0 Å². The summed E-state index contributed by atoms with van der Waals surface area (Å²) in [4.78, 5) is 0. The summed E-state index contributed by atoms with van der Waals surface area (Å²) in [5.74, 6) is 1.00. The van der Waals surface area contributed by atoms with Crippen LogP contribution < -0.4 is 5.32 Å². The highest BCUT2D eigenvalue weighted by Crippen LogP contribution is 2.05. The fourth-order valence-corrected chi connectivity index (χ4v) is 0.637. The topological polar surface area (TPSA) is 12.0 Å². The van der Waals surface area contributed by atoms with Crippen LogP contribution in [-0.4, -0.2) is 13.1 Å². The van der Waals surface area contributed by atoms with Gasteiger partial charge >= 0.3 is 0 Å². The number of nitrogens with one attached hydrogen (secondary N) is 1. The van der Waals surface area contributed by atoms with Crippen LogP contribution in [-0.2, 0) is 0 Å². The molecule has 0 aromatic heterocycles. The van der Waals surface area contributed by atoms with Crippen LogP contribution in [0.25, 0.3) is 0 Å². The first-order valence-corrected chi connectivity index (χ1v) is 2.64. The van der Waals surface area contributed by atoms with Crippen LogP contribution in [0.2, 0.25) is 0 Å². The molecule has 2 heteroatoms. The predicted molar refractivity (Wildman–Crippen MR) is 33.9 cm³/mol. The van der Waals surface area contributed by atoms with E-state index in [9.17, 15) is 0 Å². The molecule has 0 aromatic rings. The van der Waals surface area contributed by atoms with Crippen molar-refractivity contribution in [2.75, 3.05) is 13.1 Å². The summed E-state index contributed by atoms with van der Waals surface area (Å²) in [5.41, 5.74) is 0. The van der Waals surface area contributed by atoms with Crippen LogP contribution in [0.3, 0.4) is 0 Å². The second-order valence-electron chi connectivity index (χ2n) is 1.93. The molecule has 0 unspecified atom stereocenters. The molecule has 1 fully saturated rings. The molecule has 0 aromatic carbocycles. The highest BCUT2D eigenvalue weighted by molar-refractivity contribution is 5.85. The van der Waals surface area contributed by atoms with E-state index < -0.39 is 0 Å². The molecule has 44 valence electrons. The van der Waals surface area contributed by atoms with Gasteiger partial charge in [-0.15, -0.1) is 12.4 Å². The molecule has 1 heterocycles. The molecule has 0 radical (unpaired) electrons. The molecule has 0 amide bonds. The Morgan fingerprint density at radius 2 is 2.14 bits per heavy atom. The zero-order valence-electron chi connectivity index (χ0n) is 4.61. The van der Waals surface area contributed by atoms with Gasteiger partial charge in [0.2, 0.25) is 0 Å². The molecular weight excluding hydrogens is 110 g/mol. The van der Waals surface area contributed by atoms with Crippen molar-refractivity contribution in [3.63, 3.8) is 0 Å². The van der Waals surface area contributed by atoms with Gasteiger partial charge in [-0.25, -0.2) is 0 Å². The predicted octanol–water partition coefficient (Wildman–Crippen LogP) is 1.04. The van der Waals surface area contributed by atoms with Crippen LogP contribution in [0.15, 0.2) is 0 Å². The molecule has 0 saturated carbocycles. The third-order valence-electron chi connectivity index (χ3n) is 1.44. The van der Waals surface area contributed by atoms with Gasteiger partial charge in [0.25, 0.3) is 0 Å². The lowest BCUT2D eigenvalue weighted by Gasteiger charge is -2.25. The molecule has 0 bridgehead atoms. The molecule has 0 atom stereocenters. The smallest absolute Gasteiger partial charge is 0.000836 e. The van der Waals surface area contributed by atoms with E-state index in [1.54, 1.807) is 0 Å². The Labute approximate surface area is 50.9 Å². The van der Waals surface area contributed by atoms with E-state index >= 15 is 0 Å². The Hall–Kier alpha value is 0.250. The maximum atomic E-state index is 3.21. The minimum Gasteiger partial charge on any atom is -0.316 e. The van der Waals surface area contributed by atoms with Gasteiger partial charge in [-0.2, -0.15) is 0 Å². The first-order valence-electron chi connectivity index (χ1n) is 2.64. The van der Waals surface area contributed by atoms with Gasteiger partial charge in [-0.05, 0) is 19.0 Å². The van der Waals surface area contributed by atoms with Crippen LogP contribution in [0.4, 0.5) is 0 Å². The van der Waals surface area contributed by atoms with E-state index in [1.165, 1.54) is 19.5 Å². The Bertz CT molecular complexity index is 40.6. The van der Waals surface area contributed by atoms with Crippen LogP contribution in [0, 0.1) is 5.92 Å². The fourth-order valence-electron chi connectivity index (χ4n) is 0.637. The lowest BCUT2D eigenvalue weighted by Crippen LogP contribution is -2.41. The number of hydrogen-bond donors (Lipinski definition) is 1. The minimum absolute atomic E-state index is 0. The summed E-state index contributed by atoms with van der Waals surface area (Å²) in [6.45, 7) is 4.76. The SMILES string of the molecule is CCC1CNC1.Cl. The van der Waals surface area contributed by atoms with E-state index in [-0.39, 0.29) is 12.4 Å². The molecule has 1 saturated heterocycles. The van der Waals surface area contributed by atoms with E-state index in [1.807, 2.05) is 0 Å². The highest BCUT2D eigenvalue weighted by Gasteiger charge is 2.12. The van der Waals surface area contributed by atoms with Gasteiger partial charge in [0.1, 0.15) is 0 Å². The molecule has 1 nitrogen and oxygen atoms in total. The Morgan fingerprint density at radius 3 is 2.14 bits per heavy atom. The quantitative estimate of drug-likeness (QED) is 0.547. The van der Waals surface area contributed by atoms with Gasteiger partial charge in [0.15, 0.2) is 0 Å². The summed E-state index contributed by atoms with van der Waals surface area (Å²) in [6.07, 6.45) is 1.35. The van der Waals surface area contributed by atoms with Crippen molar-refractivity contribution in [3.8, 4) is 0 Å². The van der Waals surface area contributed by atoms with E-state index in [0.29, 0.717) is 0 Å². The molecule has 0 aliphatic carbocycles. The lowest BCUT2D eigenvalue weighted by atomic mass is 10.0. The third kappa shape index (κ3) is 1.66. The monoisotopic (exact) mass is 121 g/mol. The summed E-state index contributed by atoms with van der Waals surface area (Å²) < 4.78 is 0. The molecule has 7 heavy (non-hydrogen) atoms. The zero-order chi connectivity index (χ0) is 4.41. The zero-order valence-corrected chi connectivity index (χ0v) is 5.42. The molecule has 1 rings (SSSR count). The van der Waals surface area contributed by atoms with Crippen molar-refractivity contribution in [1.82, 2.24) is 5.32 Å². The number of rotatable bonds is 1. The number of halogens is 1. The first kappa shape index (κ1) is 7.25. The van der Waals surface area contributed by atoms with Crippen molar-refractivity contribution in [3.05, 3.63) is 0 Å². The Kier molecular flexibility index (Phi) is 3.39. The van der Waals surface area contributed by atoms with Gasteiger partial charge < -0.3 is 5.32 Å². The summed E-state index contributed by atoms with van der Waals surface area (Å²) in [6, 6.07) is 0. The minimum atomic E-state index is 0. The average Bonchev–Trinajstić information content (AvgIpc) is 1.31. The summed E-state index contributed by atoms with van der Waals surface area (Å²) in [5, 5.41) is 3.21. The van der Waals surface area contributed by atoms with Crippen LogP contribution >= 0.6 is 12.4 Å². The van der Waals surface area contributed by atoms with Gasteiger partial charge in [0, 0.05) is 0 Å². The molecule has 1 aliphatic heterocycles. The summed E-state index contributed by atoms with van der Waals surface area (Å²) >= 11 is 0. The van der Waals surface area contributed by atoms with Gasteiger partial charge in [-0.1, -0.05) is 13.3 Å². The van der Waals surface area contributed by atoms with Crippen molar-refractivity contribution in [2.45, 2.75) is 13.3 Å². The van der Waals surface area contributed by atoms with Crippen molar-refractivity contribution in [2.24, 2.45) is 5.92 Å². The second kappa shape index (κ2) is 3.28. The lowest BCUT2D eigenvalue weighted by molar-refractivity contribution is 0.339. The molecule has 0 spiro atoms. The molecule has 1 aliphatic rings. The van der Waals surface area contributed by atoms with Crippen molar-refractivity contribution < 1.29 is 0 Å². The van der Waals surface area contributed by atoms with Crippen molar-refractivity contribution >= 4 is 12.4 Å². The summed E-state index contributed by atoms with van der Waals surface area (Å²) in [7, 11) is 0. The normalized spacial score (nSPS) is 20.1. The van der Waals surface area contributed by atoms with E-state index in [0.717, 1.165) is 5.92 Å². The molecular formula is C5H12ClN. The molecule has 1 N–H and O–H groups in total. The van der Waals surface area contributed by atoms with Gasteiger partial charge in [0.05, 0.1) is 0 Å². The van der Waals surface area contributed by atoms with Gasteiger partial charge in [-0.3, -0.25) is 0 Å². The second-order valence-corrected chi connectivity index (χ2v) is 1.93. The van der Waals surface area contributed by atoms with Crippen LogP contribution in [0.1, 0.15) is 13.3 Å². The van der Waals surface area contributed by atoms with E-state index in [2.05, 4.69) is 12.2 Å². The maximum absolute atomic E-state index is 3.21.